The number of carbonyl (C=O) groups excluding carboxylic acids is 3. The third kappa shape index (κ3) is 9.68. The van der Waals surface area contributed by atoms with Crippen molar-refractivity contribution in [1.29, 1.82) is 0 Å². The number of hydrogen-bond acceptors (Lipinski definition) is 8. The Labute approximate surface area is 251 Å². The van der Waals surface area contributed by atoms with Crippen LogP contribution in [0.4, 0.5) is 0 Å². The Morgan fingerprint density at radius 2 is 1.78 bits per heavy atom. The molecule has 0 bridgehead atoms. The van der Waals surface area contributed by atoms with E-state index >= 15 is 0 Å². The molecule has 218 valence electrons. The molecule has 1 aliphatic heterocycles. The van der Waals surface area contributed by atoms with Crippen molar-refractivity contribution in [3.8, 4) is 0 Å². The molecule has 41 heavy (non-hydrogen) atoms. The topological polar surface area (TPSA) is 78.9 Å². The van der Waals surface area contributed by atoms with Gasteiger partial charge in [-0.25, -0.2) is 9.59 Å². The van der Waals surface area contributed by atoms with Crippen molar-refractivity contribution in [3.63, 3.8) is 0 Å². The van der Waals surface area contributed by atoms with Crippen molar-refractivity contribution < 1.29 is 28.6 Å². The molecule has 2 atom stereocenters. The summed E-state index contributed by atoms with van der Waals surface area (Å²) >= 11 is 3.66. The SMILES string of the molecule is C=C1C=CC=CC(C2(SCc3ccc(C(=O)OCCOC(=O)C(C)CC)cc3)CC(COC(=O)C(=C)C)=CCS2)=C1. The minimum Gasteiger partial charge on any atom is -0.462 e. The number of hydrogen-bond donors (Lipinski definition) is 0. The number of esters is 3. The molecular formula is C33H38O6S2. The Balaban J connectivity index is 1.65. The Morgan fingerprint density at radius 1 is 1.07 bits per heavy atom. The van der Waals surface area contributed by atoms with Crippen molar-refractivity contribution in [2.75, 3.05) is 25.6 Å². The summed E-state index contributed by atoms with van der Waals surface area (Å²) in [6, 6.07) is 7.36. The fraction of sp³-hybridized carbons (Fsp3) is 0.364. The summed E-state index contributed by atoms with van der Waals surface area (Å²) in [5.74, 6) is 0.189. The highest BCUT2D eigenvalue weighted by atomic mass is 32.2. The maximum atomic E-state index is 12.5. The highest BCUT2D eigenvalue weighted by Crippen LogP contribution is 2.52. The van der Waals surface area contributed by atoms with Crippen LogP contribution in [0.1, 0.15) is 49.5 Å². The van der Waals surface area contributed by atoms with Gasteiger partial charge in [0.1, 0.15) is 19.8 Å². The number of carbonyl (C=O) groups is 3. The van der Waals surface area contributed by atoms with Crippen LogP contribution in [0.2, 0.25) is 0 Å². The van der Waals surface area contributed by atoms with E-state index in [1.807, 2.05) is 60.8 Å². The Kier molecular flexibility index (Phi) is 12.4. The van der Waals surface area contributed by atoms with Crippen LogP contribution < -0.4 is 0 Å². The minimum atomic E-state index is -0.457. The van der Waals surface area contributed by atoms with Gasteiger partial charge in [-0.3, -0.25) is 4.79 Å². The standard InChI is InChI=1S/C33H38O6S2/c1-6-25(5)31(35)37-16-17-38-32(36)28-13-11-26(12-14-28)22-41-33(29-10-8-7-9-24(4)19-29)20-27(15-18-40-33)21-39-30(34)23(2)3/h7-15,19,25H,2,4,6,16-18,20-22H2,1,3,5H3. The summed E-state index contributed by atoms with van der Waals surface area (Å²) in [5, 5.41) is 0. The molecule has 2 unspecified atom stereocenters. The Hall–Kier alpha value is -3.23. The largest absolute Gasteiger partial charge is 0.462 e. The number of allylic oxidation sites excluding steroid dienone is 6. The monoisotopic (exact) mass is 594 g/mol. The van der Waals surface area contributed by atoms with E-state index in [0.717, 1.165) is 28.0 Å². The highest BCUT2D eigenvalue weighted by molar-refractivity contribution is 8.18. The van der Waals surface area contributed by atoms with Crippen LogP contribution in [-0.2, 0) is 29.6 Å². The van der Waals surface area contributed by atoms with Gasteiger partial charge in [0, 0.05) is 17.1 Å². The van der Waals surface area contributed by atoms with Crippen LogP contribution >= 0.6 is 23.5 Å². The predicted molar refractivity (Wildman–Crippen MR) is 168 cm³/mol. The molecule has 0 radical (unpaired) electrons. The number of ether oxygens (including phenoxy) is 3. The van der Waals surface area contributed by atoms with E-state index in [0.29, 0.717) is 29.7 Å². The van der Waals surface area contributed by atoms with Gasteiger partial charge < -0.3 is 14.2 Å². The maximum absolute atomic E-state index is 12.5. The van der Waals surface area contributed by atoms with Gasteiger partial charge in [-0.2, -0.15) is 0 Å². The van der Waals surface area contributed by atoms with Gasteiger partial charge in [0.25, 0.3) is 0 Å². The molecule has 0 amide bonds. The fourth-order valence-corrected chi connectivity index (χ4v) is 7.00. The molecule has 3 rings (SSSR count). The van der Waals surface area contributed by atoms with Crippen LogP contribution in [-0.4, -0.2) is 47.6 Å². The third-order valence-electron chi connectivity index (χ3n) is 6.60. The predicted octanol–water partition coefficient (Wildman–Crippen LogP) is 7.15. The Bertz CT molecular complexity index is 1270. The molecule has 1 heterocycles. The summed E-state index contributed by atoms with van der Waals surface area (Å²) < 4.78 is 15.6. The lowest BCUT2D eigenvalue weighted by atomic mass is 10.0. The van der Waals surface area contributed by atoms with E-state index in [9.17, 15) is 14.4 Å². The van der Waals surface area contributed by atoms with E-state index in [1.165, 1.54) is 0 Å². The van der Waals surface area contributed by atoms with Crippen molar-refractivity contribution in [1.82, 2.24) is 0 Å². The molecule has 8 heteroatoms. The summed E-state index contributed by atoms with van der Waals surface area (Å²) in [7, 11) is 0. The number of thioether (sulfide) groups is 2. The van der Waals surface area contributed by atoms with Crippen molar-refractivity contribution in [2.45, 2.75) is 43.4 Å². The normalized spacial score (nSPS) is 19.0. The van der Waals surface area contributed by atoms with Gasteiger partial charge in [0.05, 0.1) is 15.6 Å². The number of benzene rings is 1. The quantitative estimate of drug-likeness (QED) is 0.0783. The molecule has 0 aromatic heterocycles. The average molecular weight is 595 g/mol. The zero-order valence-corrected chi connectivity index (χ0v) is 25.6. The zero-order valence-electron chi connectivity index (χ0n) is 24.0. The maximum Gasteiger partial charge on any atom is 0.338 e. The first-order valence-corrected chi connectivity index (χ1v) is 15.6. The minimum absolute atomic E-state index is 0.0126. The van der Waals surface area contributed by atoms with Crippen LogP contribution in [0.25, 0.3) is 0 Å². The van der Waals surface area contributed by atoms with E-state index < -0.39 is 5.97 Å². The molecule has 1 aliphatic carbocycles. The first-order chi connectivity index (χ1) is 19.6. The molecule has 0 spiro atoms. The summed E-state index contributed by atoms with van der Waals surface area (Å²) in [5.41, 5.74) is 5.02. The van der Waals surface area contributed by atoms with Gasteiger partial charge in [0.15, 0.2) is 0 Å². The highest BCUT2D eigenvalue weighted by Gasteiger charge is 2.38. The fourth-order valence-electron chi connectivity index (χ4n) is 3.95. The second-order valence-electron chi connectivity index (χ2n) is 9.95. The van der Waals surface area contributed by atoms with Crippen LogP contribution in [0, 0.1) is 5.92 Å². The second kappa shape index (κ2) is 15.7. The van der Waals surface area contributed by atoms with Crippen molar-refractivity contribution in [2.24, 2.45) is 5.92 Å². The van der Waals surface area contributed by atoms with Crippen molar-refractivity contribution >= 4 is 41.4 Å². The second-order valence-corrected chi connectivity index (χ2v) is 12.8. The molecule has 0 fully saturated rings. The van der Waals surface area contributed by atoms with E-state index in [2.05, 4.69) is 31.4 Å². The zero-order chi connectivity index (χ0) is 29.8. The summed E-state index contributed by atoms with van der Waals surface area (Å²) in [6.07, 6.45) is 13.8. The number of rotatable bonds is 13. The first kappa shape index (κ1) is 32.3. The summed E-state index contributed by atoms with van der Waals surface area (Å²) in [4.78, 5) is 36.2. The lowest BCUT2D eigenvalue weighted by Crippen LogP contribution is -2.28. The smallest absolute Gasteiger partial charge is 0.338 e. The van der Waals surface area contributed by atoms with E-state index in [1.54, 1.807) is 26.0 Å². The van der Waals surface area contributed by atoms with Gasteiger partial charge in [-0.15, -0.1) is 23.5 Å². The third-order valence-corrected chi connectivity index (χ3v) is 9.81. The molecule has 1 aromatic carbocycles. The Morgan fingerprint density at radius 3 is 2.49 bits per heavy atom. The van der Waals surface area contributed by atoms with Crippen molar-refractivity contribution in [3.05, 3.63) is 107 Å². The summed E-state index contributed by atoms with van der Waals surface area (Å²) in [6.45, 7) is 13.5. The lowest BCUT2D eigenvalue weighted by Gasteiger charge is -2.37. The molecule has 0 saturated heterocycles. The van der Waals surface area contributed by atoms with Crippen LogP contribution in [0.15, 0.2) is 96.2 Å². The molecule has 6 nitrogen and oxygen atoms in total. The molecule has 2 aliphatic rings. The van der Waals surface area contributed by atoms with Gasteiger partial charge >= 0.3 is 17.9 Å². The van der Waals surface area contributed by atoms with Gasteiger partial charge in [-0.1, -0.05) is 75.6 Å². The van der Waals surface area contributed by atoms with Crippen LogP contribution in [0.3, 0.4) is 0 Å². The van der Waals surface area contributed by atoms with E-state index in [4.69, 9.17) is 14.2 Å². The average Bonchev–Trinajstić information content (AvgIpc) is 3.21. The van der Waals surface area contributed by atoms with Crippen LogP contribution in [0.5, 0.6) is 0 Å². The molecule has 1 aromatic rings. The molecule has 0 saturated carbocycles. The first-order valence-electron chi connectivity index (χ1n) is 13.6. The lowest BCUT2D eigenvalue weighted by molar-refractivity contribution is -0.149. The van der Waals surface area contributed by atoms with E-state index in [-0.39, 0.29) is 41.8 Å². The molecule has 0 N–H and O–H groups in total. The van der Waals surface area contributed by atoms with Gasteiger partial charge in [-0.05, 0) is 54.2 Å². The van der Waals surface area contributed by atoms with Gasteiger partial charge in [0.2, 0.25) is 0 Å². The molecular weight excluding hydrogens is 556 g/mol.